The largest absolute Gasteiger partial charge is 0.516 e. The minimum Gasteiger partial charge on any atom is -0.428 e. The number of amides is 1. The first-order valence-corrected chi connectivity index (χ1v) is 4.98. The summed E-state index contributed by atoms with van der Waals surface area (Å²) in [7, 11) is 1.32. The van der Waals surface area contributed by atoms with Crippen molar-refractivity contribution in [2.75, 3.05) is 7.05 Å². The van der Waals surface area contributed by atoms with Gasteiger partial charge in [0.05, 0.1) is 0 Å². The number of carbonyl (C=O) groups is 3. The van der Waals surface area contributed by atoms with Crippen molar-refractivity contribution in [3.8, 4) is 0 Å². The Balaban J connectivity index is 4.36. The Morgan fingerprint density at radius 2 is 1.71 bits per heavy atom. The lowest BCUT2D eigenvalue weighted by Crippen LogP contribution is -2.49. The van der Waals surface area contributed by atoms with Crippen LogP contribution in [-0.2, 0) is 19.1 Å². The second-order valence-electron chi connectivity index (χ2n) is 4.46. The third kappa shape index (κ3) is 5.86. The fourth-order valence-electron chi connectivity index (χ4n) is 0.767. The van der Waals surface area contributed by atoms with E-state index >= 15 is 0 Å². The van der Waals surface area contributed by atoms with Crippen LogP contribution in [0.5, 0.6) is 0 Å². The van der Waals surface area contributed by atoms with Crippen LogP contribution in [0.25, 0.3) is 0 Å². The highest BCUT2D eigenvalue weighted by Crippen LogP contribution is 2.08. The molecule has 0 aliphatic carbocycles. The molecule has 0 rings (SSSR count). The Labute approximate surface area is 99.8 Å². The summed E-state index contributed by atoms with van der Waals surface area (Å²) in [4.78, 5) is 34.4. The Kier molecular flexibility index (Phi) is 5.09. The molecule has 98 valence electrons. The highest BCUT2D eigenvalue weighted by atomic mass is 16.7. The zero-order chi connectivity index (χ0) is 13.8. The Hall–Kier alpha value is -1.63. The number of hydrogen-bond acceptors (Lipinski definition) is 6. The third-order valence-electron chi connectivity index (χ3n) is 1.73. The van der Waals surface area contributed by atoms with Crippen LogP contribution in [-0.4, -0.2) is 41.7 Å². The summed E-state index contributed by atoms with van der Waals surface area (Å²) < 4.78 is 9.10. The predicted molar refractivity (Wildman–Crippen MR) is 58.7 cm³/mol. The first kappa shape index (κ1) is 15.4. The van der Waals surface area contributed by atoms with Crippen molar-refractivity contribution in [1.82, 2.24) is 4.90 Å². The number of likely N-dealkylation sites (N-methyl/N-ethyl adjacent to an activating group) is 1. The predicted octanol–water partition coefficient (Wildman–Crippen LogP) is 0.228. The fraction of sp³-hybridized carbons (Fsp3) is 0.700. The van der Waals surface area contributed by atoms with Crippen molar-refractivity contribution in [2.45, 2.75) is 39.5 Å². The lowest BCUT2D eigenvalue weighted by molar-refractivity contribution is -0.151. The van der Waals surface area contributed by atoms with Crippen molar-refractivity contribution in [3.05, 3.63) is 0 Å². The van der Waals surface area contributed by atoms with E-state index in [1.54, 1.807) is 20.8 Å². The second-order valence-corrected chi connectivity index (χ2v) is 4.46. The van der Waals surface area contributed by atoms with Gasteiger partial charge in [-0.05, 0) is 20.8 Å². The molecule has 0 aromatic carbocycles. The maximum Gasteiger partial charge on any atom is 0.516 e. The lowest BCUT2D eigenvalue weighted by Gasteiger charge is -2.22. The van der Waals surface area contributed by atoms with E-state index in [0.717, 1.165) is 4.90 Å². The van der Waals surface area contributed by atoms with Gasteiger partial charge in [0.15, 0.2) is 6.17 Å². The van der Waals surface area contributed by atoms with Gasteiger partial charge in [-0.1, -0.05) is 0 Å². The molecule has 0 saturated heterocycles. The number of carbonyl (C=O) groups excluding carboxylic acids is 3. The van der Waals surface area contributed by atoms with E-state index in [2.05, 4.69) is 4.74 Å². The van der Waals surface area contributed by atoms with E-state index in [4.69, 9.17) is 10.5 Å². The highest BCUT2D eigenvalue weighted by molar-refractivity contribution is 5.88. The van der Waals surface area contributed by atoms with E-state index in [-0.39, 0.29) is 0 Å². The van der Waals surface area contributed by atoms with E-state index in [9.17, 15) is 14.4 Å². The minimum atomic E-state index is -1.33. The monoisotopic (exact) mass is 246 g/mol. The molecule has 0 aliphatic rings. The van der Waals surface area contributed by atoms with Crippen molar-refractivity contribution < 1.29 is 23.9 Å². The van der Waals surface area contributed by atoms with Crippen LogP contribution >= 0.6 is 0 Å². The fourth-order valence-corrected chi connectivity index (χ4v) is 0.767. The van der Waals surface area contributed by atoms with Crippen LogP contribution in [0.15, 0.2) is 0 Å². The Morgan fingerprint density at radius 1 is 1.24 bits per heavy atom. The third-order valence-corrected chi connectivity index (χ3v) is 1.73. The summed E-state index contributed by atoms with van der Waals surface area (Å²) in [6.07, 6.45) is -2.48. The topological polar surface area (TPSA) is 98.9 Å². The standard InChI is InChI=1S/C10H18N2O5/c1-6(13)12(5)7(11)8(14)16-9(15)17-10(2,3)4/h7H,11H2,1-5H3. The molecule has 0 fully saturated rings. The van der Waals surface area contributed by atoms with Crippen molar-refractivity contribution in [1.29, 1.82) is 0 Å². The van der Waals surface area contributed by atoms with Gasteiger partial charge in [0.2, 0.25) is 5.91 Å². The maximum absolute atomic E-state index is 11.3. The molecule has 0 radical (unpaired) electrons. The smallest absolute Gasteiger partial charge is 0.428 e. The van der Waals surface area contributed by atoms with E-state index in [1.807, 2.05) is 0 Å². The quantitative estimate of drug-likeness (QED) is 0.425. The average molecular weight is 246 g/mol. The van der Waals surface area contributed by atoms with Crippen molar-refractivity contribution >= 4 is 18.0 Å². The molecule has 0 heterocycles. The van der Waals surface area contributed by atoms with Gasteiger partial charge in [0.1, 0.15) is 5.60 Å². The lowest BCUT2D eigenvalue weighted by atomic mass is 10.2. The molecule has 0 aliphatic heterocycles. The molecule has 0 bridgehead atoms. The molecule has 7 heteroatoms. The van der Waals surface area contributed by atoms with Crippen LogP contribution in [0.2, 0.25) is 0 Å². The zero-order valence-electron chi connectivity index (χ0n) is 10.6. The number of hydrogen-bond donors (Lipinski definition) is 1. The Morgan fingerprint density at radius 3 is 2.06 bits per heavy atom. The SMILES string of the molecule is CC(=O)N(C)C(N)C(=O)OC(=O)OC(C)(C)C. The minimum absolute atomic E-state index is 0.418. The molecule has 0 aromatic heterocycles. The molecule has 0 aromatic rings. The average Bonchev–Trinajstić information content (AvgIpc) is 2.11. The van der Waals surface area contributed by atoms with Crippen LogP contribution in [0.1, 0.15) is 27.7 Å². The molecule has 0 saturated carbocycles. The first-order chi connectivity index (χ1) is 7.54. The molecule has 1 unspecified atom stereocenters. The first-order valence-electron chi connectivity index (χ1n) is 4.98. The summed E-state index contributed by atoms with van der Waals surface area (Å²) >= 11 is 0. The summed E-state index contributed by atoms with van der Waals surface area (Å²) in [6.45, 7) is 6.11. The van der Waals surface area contributed by atoms with Gasteiger partial charge in [-0.25, -0.2) is 9.59 Å². The summed E-state index contributed by atoms with van der Waals surface area (Å²) in [6, 6.07) is 0. The van der Waals surface area contributed by atoms with E-state index in [1.165, 1.54) is 14.0 Å². The van der Waals surface area contributed by atoms with Gasteiger partial charge in [-0.2, -0.15) is 0 Å². The van der Waals surface area contributed by atoms with E-state index in [0.29, 0.717) is 0 Å². The van der Waals surface area contributed by atoms with Crippen molar-refractivity contribution in [3.63, 3.8) is 0 Å². The van der Waals surface area contributed by atoms with Crippen LogP contribution in [0.3, 0.4) is 0 Å². The van der Waals surface area contributed by atoms with E-state index < -0.39 is 29.8 Å². The zero-order valence-corrected chi connectivity index (χ0v) is 10.6. The summed E-state index contributed by atoms with van der Waals surface area (Å²) in [5.74, 6) is -1.46. The van der Waals surface area contributed by atoms with Gasteiger partial charge in [-0.3, -0.25) is 4.79 Å². The number of rotatable bonds is 2. The van der Waals surface area contributed by atoms with Gasteiger partial charge >= 0.3 is 12.1 Å². The van der Waals surface area contributed by atoms with Gasteiger partial charge < -0.3 is 20.1 Å². The highest BCUT2D eigenvalue weighted by Gasteiger charge is 2.27. The molecule has 1 atom stereocenters. The van der Waals surface area contributed by atoms with Crippen LogP contribution in [0.4, 0.5) is 4.79 Å². The van der Waals surface area contributed by atoms with Gasteiger partial charge in [0.25, 0.3) is 0 Å². The molecule has 1 amide bonds. The molecule has 17 heavy (non-hydrogen) atoms. The van der Waals surface area contributed by atoms with Crippen LogP contribution < -0.4 is 5.73 Å². The summed E-state index contributed by atoms with van der Waals surface area (Å²) in [5.41, 5.74) is 4.63. The number of ether oxygens (including phenoxy) is 2. The number of esters is 1. The maximum atomic E-state index is 11.3. The Bertz CT molecular complexity index is 321. The molecular formula is C10H18N2O5. The van der Waals surface area contributed by atoms with Gasteiger partial charge in [0, 0.05) is 14.0 Å². The molecule has 2 N–H and O–H groups in total. The normalized spacial score (nSPS) is 12.6. The van der Waals surface area contributed by atoms with Crippen molar-refractivity contribution in [2.24, 2.45) is 5.73 Å². The molecule has 7 nitrogen and oxygen atoms in total. The number of nitrogens with zero attached hydrogens (tertiary/aromatic N) is 1. The number of nitrogens with two attached hydrogens (primary N) is 1. The summed E-state index contributed by atoms with van der Waals surface area (Å²) in [5, 5.41) is 0. The molecular weight excluding hydrogens is 228 g/mol. The van der Waals surface area contributed by atoms with Gasteiger partial charge in [-0.15, -0.1) is 0 Å². The van der Waals surface area contributed by atoms with Crippen LogP contribution in [0, 0.1) is 0 Å². The molecule has 0 spiro atoms. The second kappa shape index (κ2) is 5.62.